The Morgan fingerprint density at radius 3 is 2.67 bits per heavy atom. The summed E-state index contributed by atoms with van der Waals surface area (Å²) in [5, 5.41) is 14.4. The third-order valence-electron chi connectivity index (χ3n) is 2.78. The Morgan fingerprint density at radius 1 is 1.29 bits per heavy atom. The average Bonchev–Trinajstić information content (AvgIpc) is 2.84. The summed E-state index contributed by atoms with van der Waals surface area (Å²) in [6, 6.07) is 8.24. The minimum Gasteiger partial charge on any atom is -0.478 e. The van der Waals surface area contributed by atoms with E-state index in [1.54, 1.807) is 30.4 Å². The number of aromatic carboxylic acids is 1. The van der Waals surface area contributed by atoms with Crippen LogP contribution in [0.5, 0.6) is 0 Å². The van der Waals surface area contributed by atoms with Crippen LogP contribution in [0.25, 0.3) is 0 Å². The van der Waals surface area contributed by atoms with Crippen LogP contribution in [-0.2, 0) is 6.54 Å². The van der Waals surface area contributed by atoms with Crippen molar-refractivity contribution in [1.82, 2.24) is 5.32 Å². The molecule has 2 amide bonds. The summed E-state index contributed by atoms with van der Waals surface area (Å²) in [7, 11) is 0. The Hall–Kier alpha value is -1.86. The monoisotopic (exact) mass is 368 g/mol. The molecule has 0 bridgehead atoms. The highest BCUT2D eigenvalue weighted by Crippen LogP contribution is 2.21. The van der Waals surface area contributed by atoms with Gasteiger partial charge in [0.15, 0.2) is 0 Å². The van der Waals surface area contributed by atoms with E-state index in [0.29, 0.717) is 17.8 Å². The SMILES string of the molecule is Cc1ccc(NC(=O)NCc2ccc(Br)s2)cc1C(=O)O. The van der Waals surface area contributed by atoms with Gasteiger partial charge < -0.3 is 15.7 Å². The number of carboxylic acids is 1. The first-order valence-corrected chi connectivity index (χ1v) is 7.69. The molecule has 0 spiro atoms. The fourth-order valence-electron chi connectivity index (χ4n) is 1.72. The van der Waals surface area contributed by atoms with Crippen LogP contribution in [0, 0.1) is 6.92 Å². The number of thiophene rings is 1. The second-order valence-corrected chi connectivity index (χ2v) is 6.90. The molecule has 0 radical (unpaired) electrons. The zero-order valence-corrected chi connectivity index (χ0v) is 13.5. The molecule has 1 aromatic carbocycles. The predicted molar refractivity (Wildman–Crippen MR) is 86.0 cm³/mol. The largest absolute Gasteiger partial charge is 0.478 e. The van der Waals surface area contributed by atoms with E-state index >= 15 is 0 Å². The molecule has 110 valence electrons. The number of halogens is 1. The van der Waals surface area contributed by atoms with Crippen molar-refractivity contribution in [1.29, 1.82) is 0 Å². The van der Waals surface area contributed by atoms with E-state index in [1.807, 2.05) is 12.1 Å². The van der Waals surface area contributed by atoms with Crippen LogP contribution in [0.4, 0.5) is 10.5 Å². The maximum Gasteiger partial charge on any atom is 0.336 e. The Balaban J connectivity index is 1.96. The lowest BCUT2D eigenvalue weighted by atomic mass is 10.1. The van der Waals surface area contributed by atoms with Gasteiger partial charge in [-0.3, -0.25) is 0 Å². The highest BCUT2D eigenvalue weighted by Gasteiger charge is 2.09. The second-order valence-electron chi connectivity index (χ2n) is 4.35. The minimum absolute atomic E-state index is 0.176. The van der Waals surface area contributed by atoms with Crippen LogP contribution in [0.2, 0.25) is 0 Å². The van der Waals surface area contributed by atoms with Gasteiger partial charge in [-0.1, -0.05) is 6.07 Å². The van der Waals surface area contributed by atoms with E-state index < -0.39 is 5.97 Å². The van der Waals surface area contributed by atoms with Gasteiger partial charge in [-0.05, 0) is 52.7 Å². The summed E-state index contributed by atoms with van der Waals surface area (Å²) in [5.74, 6) is -1.01. The van der Waals surface area contributed by atoms with Gasteiger partial charge in [-0.15, -0.1) is 11.3 Å². The van der Waals surface area contributed by atoms with Crippen LogP contribution >= 0.6 is 27.3 Å². The predicted octanol–water partition coefficient (Wildman–Crippen LogP) is 3.84. The summed E-state index contributed by atoms with van der Waals surface area (Å²) in [6.45, 7) is 2.13. The number of aryl methyl sites for hydroxylation is 1. The Morgan fingerprint density at radius 2 is 2.05 bits per heavy atom. The van der Waals surface area contributed by atoms with Gasteiger partial charge in [0.25, 0.3) is 0 Å². The molecule has 0 aliphatic rings. The third-order valence-corrected chi connectivity index (χ3v) is 4.40. The molecule has 0 atom stereocenters. The summed E-state index contributed by atoms with van der Waals surface area (Å²) < 4.78 is 1.00. The van der Waals surface area contributed by atoms with Gasteiger partial charge in [-0.25, -0.2) is 9.59 Å². The van der Waals surface area contributed by atoms with Crippen LogP contribution in [0.1, 0.15) is 20.8 Å². The Labute approximate surface area is 134 Å². The number of carbonyl (C=O) groups is 2. The fraction of sp³-hybridized carbons (Fsp3) is 0.143. The lowest BCUT2D eigenvalue weighted by Gasteiger charge is -2.08. The molecule has 0 unspecified atom stereocenters. The average molecular weight is 369 g/mol. The molecular weight excluding hydrogens is 356 g/mol. The van der Waals surface area contributed by atoms with Crippen LogP contribution in [-0.4, -0.2) is 17.1 Å². The van der Waals surface area contributed by atoms with Crippen molar-refractivity contribution in [2.45, 2.75) is 13.5 Å². The Bertz CT molecular complexity index is 685. The summed E-state index contributed by atoms with van der Waals surface area (Å²) in [4.78, 5) is 23.8. The van der Waals surface area contributed by atoms with E-state index in [9.17, 15) is 9.59 Å². The van der Waals surface area contributed by atoms with Crippen molar-refractivity contribution in [3.8, 4) is 0 Å². The van der Waals surface area contributed by atoms with Crippen molar-refractivity contribution < 1.29 is 14.7 Å². The summed E-state index contributed by atoms with van der Waals surface area (Å²) >= 11 is 4.90. The van der Waals surface area contributed by atoms with E-state index in [0.717, 1.165) is 8.66 Å². The van der Waals surface area contributed by atoms with Gasteiger partial charge in [0.2, 0.25) is 0 Å². The molecule has 2 rings (SSSR count). The molecular formula is C14H13BrN2O3S. The van der Waals surface area contributed by atoms with Gasteiger partial charge in [0, 0.05) is 10.6 Å². The molecule has 2 aromatic rings. The van der Waals surface area contributed by atoms with E-state index in [2.05, 4.69) is 26.6 Å². The maximum absolute atomic E-state index is 11.8. The number of rotatable bonds is 4. The molecule has 21 heavy (non-hydrogen) atoms. The minimum atomic E-state index is -1.01. The van der Waals surface area contributed by atoms with E-state index in [4.69, 9.17) is 5.11 Å². The van der Waals surface area contributed by atoms with Crippen molar-refractivity contribution in [2.24, 2.45) is 0 Å². The number of benzene rings is 1. The summed E-state index contributed by atoms with van der Waals surface area (Å²) in [6.07, 6.45) is 0. The molecule has 0 fully saturated rings. The zero-order valence-electron chi connectivity index (χ0n) is 11.1. The molecule has 0 aliphatic heterocycles. The molecule has 7 heteroatoms. The third kappa shape index (κ3) is 4.30. The normalized spacial score (nSPS) is 10.2. The number of anilines is 1. The molecule has 0 saturated carbocycles. The van der Waals surface area contributed by atoms with Crippen molar-refractivity contribution in [3.05, 3.63) is 50.1 Å². The molecule has 0 saturated heterocycles. The lowest BCUT2D eigenvalue weighted by molar-refractivity contribution is 0.0696. The van der Waals surface area contributed by atoms with Crippen LogP contribution < -0.4 is 10.6 Å². The van der Waals surface area contributed by atoms with Crippen molar-refractivity contribution >= 4 is 45.0 Å². The molecule has 1 heterocycles. The first kappa shape index (κ1) is 15.5. The first-order valence-electron chi connectivity index (χ1n) is 6.08. The van der Waals surface area contributed by atoms with E-state index in [-0.39, 0.29) is 11.6 Å². The lowest BCUT2D eigenvalue weighted by Crippen LogP contribution is -2.27. The number of nitrogens with one attached hydrogen (secondary N) is 2. The number of amides is 2. The zero-order chi connectivity index (χ0) is 15.4. The number of hydrogen-bond acceptors (Lipinski definition) is 3. The number of urea groups is 1. The Kier molecular flexibility index (Phi) is 4.98. The highest BCUT2D eigenvalue weighted by molar-refractivity contribution is 9.11. The fourth-order valence-corrected chi connectivity index (χ4v) is 3.14. The second kappa shape index (κ2) is 6.73. The standard InChI is InChI=1S/C14H13BrN2O3S/c1-8-2-3-9(6-11(8)13(18)19)17-14(20)16-7-10-4-5-12(15)21-10/h2-6H,7H2,1H3,(H,18,19)(H2,16,17,20). The molecule has 5 nitrogen and oxygen atoms in total. The number of carboxylic acid groups (broad SMARTS) is 1. The van der Waals surface area contributed by atoms with Gasteiger partial charge >= 0.3 is 12.0 Å². The van der Waals surface area contributed by atoms with Crippen LogP contribution in [0.3, 0.4) is 0 Å². The number of hydrogen-bond donors (Lipinski definition) is 3. The van der Waals surface area contributed by atoms with Crippen LogP contribution in [0.15, 0.2) is 34.1 Å². The van der Waals surface area contributed by atoms with Crippen molar-refractivity contribution in [2.75, 3.05) is 5.32 Å². The van der Waals surface area contributed by atoms with E-state index in [1.165, 1.54) is 6.07 Å². The number of carbonyl (C=O) groups excluding carboxylic acids is 1. The first-order chi connectivity index (χ1) is 9.95. The van der Waals surface area contributed by atoms with Gasteiger partial charge in [-0.2, -0.15) is 0 Å². The highest BCUT2D eigenvalue weighted by atomic mass is 79.9. The quantitative estimate of drug-likeness (QED) is 0.766. The topological polar surface area (TPSA) is 78.4 Å². The summed E-state index contributed by atoms with van der Waals surface area (Å²) in [5.41, 5.74) is 1.27. The molecule has 1 aromatic heterocycles. The smallest absolute Gasteiger partial charge is 0.336 e. The molecule has 0 aliphatic carbocycles. The van der Waals surface area contributed by atoms with Gasteiger partial charge in [0.1, 0.15) is 0 Å². The van der Waals surface area contributed by atoms with Gasteiger partial charge in [0.05, 0.1) is 15.9 Å². The van der Waals surface area contributed by atoms with Crippen molar-refractivity contribution in [3.63, 3.8) is 0 Å². The molecule has 3 N–H and O–H groups in total. The maximum atomic E-state index is 11.8.